The van der Waals surface area contributed by atoms with Gasteiger partial charge in [0.2, 0.25) is 0 Å². The van der Waals surface area contributed by atoms with E-state index in [4.69, 9.17) is 21.1 Å². The van der Waals surface area contributed by atoms with E-state index in [2.05, 4.69) is 0 Å². The van der Waals surface area contributed by atoms with Gasteiger partial charge in [-0.05, 0) is 12.5 Å². The SMILES string of the molecule is COc1cc(F)c(F)cc1COCCCCl. The second-order valence-electron chi connectivity index (χ2n) is 3.17. The molecule has 0 aliphatic heterocycles. The molecule has 0 bridgehead atoms. The van der Waals surface area contributed by atoms with Crippen LogP contribution in [-0.4, -0.2) is 19.6 Å². The van der Waals surface area contributed by atoms with E-state index in [9.17, 15) is 8.78 Å². The van der Waals surface area contributed by atoms with Gasteiger partial charge in [0, 0.05) is 24.1 Å². The number of benzene rings is 1. The Balaban J connectivity index is 2.66. The fourth-order valence-corrected chi connectivity index (χ4v) is 1.32. The van der Waals surface area contributed by atoms with Gasteiger partial charge in [0.25, 0.3) is 0 Å². The lowest BCUT2D eigenvalue weighted by atomic mass is 10.2. The number of methoxy groups -OCH3 is 1. The zero-order valence-electron chi connectivity index (χ0n) is 8.93. The lowest BCUT2D eigenvalue weighted by molar-refractivity contribution is 0.119. The number of hydrogen-bond donors (Lipinski definition) is 0. The molecule has 0 heterocycles. The van der Waals surface area contributed by atoms with Gasteiger partial charge >= 0.3 is 0 Å². The first-order valence-corrected chi connectivity index (χ1v) is 5.38. The molecule has 1 rings (SSSR count). The van der Waals surface area contributed by atoms with Crippen LogP contribution in [0, 0.1) is 11.6 Å². The maximum atomic E-state index is 13.0. The van der Waals surface area contributed by atoms with Crippen LogP contribution in [-0.2, 0) is 11.3 Å². The molecule has 0 amide bonds. The molecule has 0 fully saturated rings. The molecule has 0 unspecified atom stereocenters. The van der Waals surface area contributed by atoms with Crippen LogP contribution in [0.15, 0.2) is 12.1 Å². The summed E-state index contributed by atoms with van der Waals surface area (Å²) in [5, 5.41) is 0. The summed E-state index contributed by atoms with van der Waals surface area (Å²) >= 11 is 5.47. The van der Waals surface area contributed by atoms with Gasteiger partial charge in [0.1, 0.15) is 5.75 Å². The fraction of sp³-hybridized carbons (Fsp3) is 0.455. The highest BCUT2D eigenvalue weighted by molar-refractivity contribution is 6.17. The second-order valence-corrected chi connectivity index (χ2v) is 3.55. The molecular weight excluding hydrogens is 238 g/mol. The van der Waals surface area contributed by atoms with Gasteiger partial charge in [-0.15, -0.1) is 11.6 Å². The smallest absolute Gasteiger partial charge is 0.162 e. The molecule has 0 N–H and O–H groups in total. The number of halogens is 3. The molecule has 0 saturated heterocycles. The lowest BCUT2D eigenvalue weighted by Crippen LogP contribution is -2.00. The van der Waals surface area contributed by atoms with Crippen LogP contribution in [0.4, 0.5) is 8.78 Å². The molecule has 0 radical (unpaired) electrons. The zero-order chi connectivity index (χ0) is 12.0. The normalized spacial score (nSPS) is 10.5. The van der Waals surface area contributed by atoms with Gasteiger partial charge in [0.15, 0.2) is 11.6 Å². The molecule has 1 aromatic rings. The van der Waals surface area contributed by atoms with Gasteiger partial charge < -0.3 is 9.47 Å². The van der Waals surface area contributed by atoms with Crippen LogP contribution < -0.4 is 4.74 Å². The highest BCUT2D eigenvalue weighted by Crippen LogP contribution is 2.22. The standard InChI is InChI=1S/C11H13ClF2O2/c1-15-11-6-10(14)9(13)5-8(11)7-16-4-2-3-12/h5-6H,2-4,7H2,1H3. The summed E-state index contributed by atoms with van der Waals surface area (Å²) in [5.41, 5.74) is 0.482. The van der Waals surface area contributed by atoms with E-state index >= 15 is 0 Å². The van der Waals surface area contributed by atoms with Crippen LogP contribution in [0.5, 0.6) is 5.75 Å². The molecule has 0 spiro atoms. The van der Waals surface area contributed by atoms with Gasteiger partial charge in [-0.3, -0.25) is 0 Å². The minimum Gasteiger partial charge on any atom is -0.496 e. The van der Waals surface area contributed by atoms with E-state index < -0.39 is 11.6 Å². The van der Waals surface area contributed by atoms with Gasteiger partial charge in [-0.2, -0.15) is 0 Å². The number of ether oxygens (including phenoxy) is 2. The Kier molecular flexibility index (Phi) is 5.49. The Morgan fingerprint density at radius 2 is 1.94 bits per heavy atom. The summed E-state index contributed by atoms with van der Waals surface area (Å²) < 4.78 is 36.0. The molecular formula is C11H13ClF2O2. The van der Waals surface area contributed by atoms with Crippen molar-refractivity contribution in [3.8, 4) is 5.75 Å². The molecule has 2 nitrogen and oxygen atoms in total. The Hall–Kier alpha value is -0.870. The predicted molar refractivity (Wildman–Crippen MR) is 57.9 cm³/mol. The minimum atomic E-state index is -0.929. The summed E-state index contributed by atoms with van der Waals surface area (Å²) in [6.07, 6.45) is 0.716. The minimum absolute atomic E-state index is 0.178. The first kappa shape index (κ1) is 13.2. The average Bonchev–Trinajstić information content (AvgIpc) is 2.28. The van der Waals surface area contributed by atoms with Crippen molar-refractivity contribution >= 4 is 11.6 Å². The molecule has 90 valence electrons. The Bertz CT molecular complexity index is 345. The summed E-state index contributed by atoms with van der Waals surface area (Å²) in [6.45, 7) is 0.656. The molecule has 0 aliphatic rings. The van der Waals surface area contributed by atoms with Crippen molar-refractivity contribution < 1.29 is 18.3 Å². The average molecular weight is 251 g/mol. The molecule has 16 heavy (non-hydrogen) atoms. The Labute approximate surface area is 98.1 Å². The fourth-order valence-electron chi connectivity index (χ4n) is 1.21. The van der Waals surface area contributed by atoms with Crippen LogP contribution in [0.2, 0.25) is 0 Å². The van der Waals surface area contributed by atoms with Gasteiger partial charge in [-0.25, -0.2) is 8.78 Å². The lowest BCUT2D eigenvalue weighted by Gasteiger charge is -2.09. The summed E-state index contributed by atoms with van der Waals surface area (Å²) in [4.78, 5) is 0. The first-order chi connectivity index (χ1) is 7.69. The van der Waals surface area contributed by atoms with Crippen molar-refractivity contribution in [1.29, 1.82) is 0 Å². The second kappa shape index (κ2) is 6.66. The molecule has 0 aliphatic carbocycles. The van der Waals surface area contributed by atoms with E-state index in [1.165, 1.54) is 7.11 Å². The van der Waals surface area contributed by atoms with Gasteiger partial charge in [0.05, 0.1) is 13.7 Å². The summed E-state index contributed by atoms with van der Waals surface area (Å²) in [6, 6.07) is 2.09. The Morgan fingerprint density at radius 1 is 1.25 bits per heavy atom. The van der Waals surface area contributed by atoms with Crippen molar-refractivity contribution in [2.75, 3.05) is 19.6 Å². The van der Waals surface area contributed by atoms with E-state index in [1.54, 1.807) is 0 Å². The predicted octanol–water partition coefficient (Wildman–Crippen LogP) is 3.12. The molecule has 0 saturated carbocycles. The van der Waals surface area contributed by atoms with Crippen LogP contribution >= 0.6 is 11.6 Å². The highest BCUT2D eigenvalue weighted by Gasteiger charge is 2.10. The topological polar surface area (TPSA) is 18.5 Å². The van der Waals surface area contributed by atoms with E-state index in [0.29, 0.717) is 24.5 Å². The van der Waals surface area contributed by atoms with Crippen molar-refractivity contribution in [2.45, 2.75) is 13.0 Å². The quantitative estimate of drug-likeness (QED) is 0.571. The third-order valence-corrected chi connectivity index (χ3v) is 2.27. The largest absolute Gasteiger partial charge is 0.496 e. The first-order valence-electron chi connectivity index (χ1n) is 4.84. The number of hydrogen-bond acceptors (Lipinski definition) is 2. The van der Waals surface area contributed by atoms with Crippen molar-refractivity contribution in [3.63, 3.8) is 0 Å². The van der Waals surface area contributed by atoms with E-state index in [1.807, 2.05) is 0 Å². The maximum absolute atomic E-state index is 13.0. The summed E-state index contributed by atoms with van der Waals surface area (Å²) in [5.74, 6) is -1.04. The monoisotopic (exact) mass is 250 g/mol. The van der Waals surface area contributed by atoms with Crippen LogP contribution in [0.3, 0.4) is 0 Å². The number of rotatable bonds is 6. The van der Waals surface area contributed by atoms with Crippen molar-refractivity contribution in [2.24, 2.45) is 0 Å². The third-order valence-electron chi connectivity index (χ3n) is 2.00. The third kappa shape index (κ3) is 3.61. The molecule has 0 atom stereocenters. The summed E-state index contributed by atoms with van der Waals surface area (Å²) in [7, 11) is 1.40. The van der Waals surface area contributed by atoms with Crippen LogP contribution in [0.1, 0.15) is 12.0 Å². The zero-order valence-corrected chi connectivity index (χ0v) is 9.69. The number of alkyl halides is 1. The molecule has 0 aromatic heterocycles. The van der Waals surface area contributed by atoms with E-state index in [0.717, 1.165) is 12.1 Å². The van der Waals surface area contributed by atoms with Gasteiger partial charge in [-0.1, -0.05) is 0 Å². The molecule has 1 aromatic carbocycles. The maximum Gasteiger partial charge on any atom is 0.162 e. The van der Waals surface area contributed by atoms with Crippen molar-refractivity contribution in [3.05, 3.63) is 29.3 Å². The Morgan fingerprint density at radius 3 is 2.56 bits per heavy atom. The van der Waals surface area contributed by atoms with Crippen molar-refractivity contribution in [1.82, 2.24) is 0 Å². The van der Waals surface area contributed by atoms with E-state index in [-0.39, 0.29) is 12.4 Å². The highest BCUT2D eigenvalue weighted by atomic mass is 35.5. The molecule has 5 heteroatoms. The van der Waals surface area contributed by atoms with Crippen LogP contribution in [0.25, 0.3) is 0 Å².